The number of amides is 2. The topological polar surface area (TPSA) is 98.2 Å². The molecule has 12 heavy (non-hydrogen) atoms. The highest BCUT2D eigenvalue weighted by atomic mass is 16.2. The minimum atomic E-state index is -0.650. The van der Waals surface area contributed by atoms with Crippen LogP contribution in [0.25, 0.3) is 0 Å². The molecule has 5 nitrogen and oxygen atoms in total. The first-order valence-corrected chi connectivity index (χ1v) is 3.77. The second-order valence-electron chi connectivity index (χ2n) is 2.95. The summed E-state index contributed by atoms with van der Waals surface area (Å²) >= 11 is 0. The van der Waals surface area contributed by atoms with E-state index in [1.54, 1.807) is 0 Å². The van der Waals surface area contributed by atoms with Crippen molar-refractivity contribution in [2.24, 2.45) is 11.5 Å². The zero-order valence-electron chi connectivity index (χ0n) is 7.33. The molecule has 0 unspecified atom stereocenters. The molecule has 0 bridgehead atoms. The van der Waals surface area contributed by atoms with Crippen LogP contribution in [0.2, 0.25) is 0 Å². The number of primary amides is 2. The van der Waals surface area contributed by atoms with Crippen LogP contribution in [-0.4, -0.2) is 23.9 Å². The summed E-state index contributed by atoms with van der Waals surface area (Å²) in [4.78, 5) is 21.2. The molecule has 0 aromatic carbocycles. The molecule has 0 fully saturated rings. The van der Waals surface area contributed by atoms with Gasteiger partial charge in [-0.1, -0.05) is 13.8 Å². The molecule has 0 saturated carbocycles. The lowest BCUT2D eigenvalue weighted by Gasteiger charge is -2.16. The second-order valence-corrected chi connectivity index (χ2v) is 2.95. The Kier molecular flexibility index (Phi) is 4.28. The fourth-order valence-electron chi connectivity index (χ4n) is 0.845. The predicted molar refractivity (Wildman–Crippen MR) is 45.1 cm³/mol. The number of carbonyl (C=O) groups excluding carboxylic acids is 2. The fraction of sp³-hybridized carbons (Fsp3) is 0.714. The smallest absolute Gasteiger partial charge is 0.235 e. The van der Waals surface area contributed by atoms with Gasteiger partial charge in [0, 0.05) is 6.04 Å². The minimum absolute atomic E-state index is 0.0481. The van der Waals surface area contributed by atoms with E-state index in [9.17, 15) is 9.59 Å². The lowest BCUT2D eigenvalue weighted by molar-refractivity contribution is -0.125. The Morgan fingerprint density at radius 2 is 1.83 bits per heavy atom. The van der Waals surface area contributed by atoms with Gasteiger partial charge in [-0.05, 0) is 0 Å². The molecular weight excluding hydrogens is 158 g/mol. The molecule has 70 valence electrons. The molecule has 0 aliphatic rings. The Bertz CT molecular complexity index is 179. The van der Waals surface area contributed by atoms with Crippen LogP contribution in [0.3, 0.4) is 0 Å². The van der Waals surface area contributed by atoms with Gasteiger partial charge < -0.3 is 16.8 Å². The minimum Gasteiger partial charge on any atom is -0.370 e. The van der Waals surface area contributed by atoms with Crippen molar-refractivity contribution in [3.05, 3.63) is 0 Å². The monoisotopic (exact) mass is 173 g/mol. The van der Waals surface area contributed by atoms with Gasteiger partial charge in [0.1, 0.15) is 0 Å². The lowest BCUT2D eigenvalue weighted by Crippen LogP contribution is -2.46. The maximum Gasteiger partial charge on any atom is 0.235 e. The van der Waals surface area contributed by atoms with Gasteiger partial charge in [-0.2, -0.15) is 0 Å². The Morgan fingerprint density at radius 1 is 1.33 bits per heavy atom. The third-order valence-electron chi connectivity index (χ3n) is 1.28. The zero-order valence-corrected chi connectivity index (χ0v) is 7.33. The third-order valence-corrected chi connectivity index (χ3v) is 1.28. The van der Waals surface area contributed by atoms with E-state index in [2.05, 4.69) is 5.32 Å². The summed E-state index contributed by atoms with van der Waals surface area (Å²) in [6, 6.07) is -0.552. The van der Waals surface area contributed by atoms with Gasteiger partial charge in [-0.3, -0.25) is 9.59 Å². The molecule has 5 heteroatoms. The van der Waals surface area contributed by atoms with Crippen molar-refractivity contribution < 1.29 is 9.59 Å². The molecule has 0 rings (SSSR count). The number of rotatable bonds is 5. The van der Waals surface area contributed by atoms with E-state index in [-0.39, 0.29) is 12.5 Å². The van der Waals surface area contributed by atoms with Gasteiger partial charge in [0.25, 0.3) is 0 Å². The summed E-state index contributed by atoms with van der Waals surface area (Å²) in [6.07, 6.45) is -0.0481. The van der Waals surface area contributed by atoms with Crippen LogP contribution < -0.4 is 16.8 Å². The molecule has 0 heterocycles. The first-order chi connectivity index (χ1) is 5.43. The molecule has 0 aliphatic carbocycles. The molecule has 0 saturated heterocycles. The highest BCUT2D eigenvalue weighted by Crippen LogP contribution is 1.92. The number of nitrogens with one attached hydrogen (secondary N) is 1. The van der Waals surface area contributed by atoms with Gasteiger partial charge in [0.2, 0.25) is 11.8 Å². The molecular formula is C7H15N3O2. The molecule has 0 radical (unpaired) electrons. The molecule has 0 spiro atoms. The van der Waals surface area contributed by atoms with E-state index in [0.29, 0.717) is 0 Å². The normalized spacial score (nSPS) is 12.9. The summed E-state index contributed by atoms with van der Waals surface area (Å²) in [5, 5.41) is 2.84. The van der Waals surface area contributed by atoms with Crippen LogP contribution in [0.4, 0.5) is 0 Å². The highest BCUT2D eigenvalue weighted by molar-refractivity contribution is 5.86. The van der Waals surface area contributed by atoms with Crippen LogP contribution in [-0.2, 0) is 9.59 Å². The predicted octanol–water partition coefficient (Wildman–Crippen LogP) is -1.29. The van der Waals surface area contributed by atoms with Crippen molar-refractivity contribution in [1.29, 1.82) is 0 Å². The van der Waals surface area contributed by atoms with Gasteiger partial charge >= 0.3 is 0 Å². The van der Waals surface area contributed by atoms with Crippen LogP contribution in [0.5, 0.6) is 0 Å². The van der Waals surface area contributed by atoms with Gasteiger partial charge in [0.15, 0.2) is 0 Å². The number of nitrogens with two attached hydrogens (primary N) is 2. The summed E-state index contributed by atoms with van der Waals surface area (Å²) < 4.78 is 0. The molecule has 0 aliphatic heterocycles. The third kappa shape index (κ3) is 4.68. The average Bonchev–Trinajstić information content (AvgIpc) is 1.83. The van der Waals surface area contributed by atoms with Crippen LogP contribution >= 0.6 is 0 Å². The number of hydrogen-bond acceptors (Lipinski definition) is 3. The Morgan fingerprint density at radius 3 is 2.08 bits per heavy atom. The van der Waals surface area contributed by atoms with E-state index in [4.69, 9.17) is 11.5 Å². The molecule has 0 aromatic rings. The average molecular weight is 173 g/mol. The van der Waals surface area contributed by atoms with Gasteiger partial charge in [-0.15, -0.1) is 0 Å². The standard InChI is InChI=1S/C7H15N3O2/c1-4(2)10-5(7(9)12)3-6(8)11/h4-5,10H,3H2,1-2H3,(H2,8,11)(H2,9,12)/t5-/m0/s1. The van der Waals surface area contributed by atoms with Crippen molar-refractivity contribution in [3.8, 4) is 0 Å². The van der Waals surface area contributed by atoms with Gasteiger partial charge in [-0.25, -0.2) is 0 Å². The first kappa shape index (κ1) is 10.9. The van der Waals surface area contributed by atoms with Crippen LogP contribution in [0, 0.1) is 0 Å². The van der Waals surface area contributed by atoms with E-state index >= 15 is 0 Å². The van der Waals surface area contributed by atoms with Gasteiger partial charge in [0.05, 0.1) is 12.5 Å². The SMILES string of the molecule is CC(C)N[C@@H](CC(N)=O)C(N)=O. The van der Waals surface area contributed by atoms with E-state index in [1.807, 2.05) is 13.8 Å². The lowest BCUT2D eigenvalue weighted by atomic mass is 10.1. The Hall–Kier alpha value is -1.10. The summed E-state index contributed by atoms with van der Waals surface area (Å²) in [5.74, 6) is -1.09. The van der Waals surface area contributed by atoms with E-state index in [1.165, 1.54) is 0 Å². The molecule has 5 N–H and O–H groups in total. The summed E-state index contributed by atoms with van der Waals surface area (Å²) in [5.41, 5.74) is 9.94. The number of carbonyl (C=O) groups is 2. The molecule has 1 atom stereocenters. The van der Waals surface area contributed by atoms with Crippen molar-refractivity contribution in [3.63, 3.8) is 0 Å². The quantitative estimate of drug-likeness (QED) is 0.482. The summed E-state index contributed by atoms with van der Waals surface area (Å²) in [7, 11) is 0. The van der Waals surface area contributed by atoms with Crippen molar-refractivity contribution in [2.75, 3.05) is 0 Å². The van der Waals surface area contributed by atoms with E-state index in [0.717, 1.165) is 0 Å². The van der Waals surface area contributed by atoms with Crippen molar-refractivity contribution >= 4 is 11.8 Å². The van der Waals surface area contributed by atoms with Crippen LogP contribution in [0.1, 0.15) is 20.3 Å². The molecule has 0 aromatic heterocycles. The van der Waals surface area contributed by atoms with Crippen LogP contribution in [0.15, 0.2) is 0 Å². The van der Waals surface area contributed by atoms with Crippen molar-refractivity contribution in [1.82, 2.24) is 5.32 Å². The Labute approximate surface area is 71.5 Å². The number of hydrogen-bond donors (Lipinski definition) is 3. The van der Waals surface area contributed by atoms with E-state index < -0.39 is 17.9 Å². The first-order valence-electron chi connectivity index (χ1n) is 3.77. The zero-order chi connectivity index (χ0) is 9.72. The second kappa shape index (κ2) is 4.71. The maximum absolute atomic E-state index is 10.7. The highest BCUT2D eigenvalue weighted by Gasteiger charge is 2.17. The summed E-state index contributed by atoms with van der Waals surface area (Å²) in [6.45, 7) is 3.72. The largest absolute Gasteiger partial charge is 0.370 e. The fourth-order valence-corrected chi connectivity index (χ4v) is 0.845. The Balaban J connectivity index is 4.04. The molecule has 2 amide bonds. The van der Waals surface area contributed by atoms with Crippen molar-refractivity contribution in [2.45, 2.75) is 32.4 Å². The maximum atomic E-state index is 10.7.